The first-order valence-corrected chi connectivity index (χ1v) is 10.1. The van der Waals surface area contributed by atoms with Crippen molar-refractivity contribution in [2.24, 2.45) is 5.92 Å². The van der Waals surface area contributed by atoms with Gasteiger partial charge in [-0.05, 0) is 30.9 Å². The van der Waals surface area contributed by atoms with Gasteiger partial charge in [-0.3, -0.25) is 4.79 Å². The highest BCUT2D eigenvalue weighted by Crippen LogP contribution is 2.33. The summed E-state index contributed by atoms with van der Waals surface area (Å²) in [4.78, 5) is 18.5. The predicted octanol–water partition coefficient (Wildman–Crippen LogP) is 5.13. The van der Waals surface area contributed by atoms with Gasteiger partial charge in [0.25, 0.3) is 0 Å². The van der Waals surface area contributed by atoms with Gasteiger partial charge in [0, 0.05) is 42.7 Å². The molecule has 0 saturated carbocycles. The summed E-state index contributed by atoms with van der Waals surface area (Å²) in [5.74, 6) is 0.597. The fraction of sp³-hybridized carbons (Fsp3) is 0.304. The molecule has 1 aromatic heterocycles. The Morgan fingerprint density at radius 1 is 1.11 bits per heavy atom. The van der Waals surface area contributed by atoms with Gasteiger partial charge in [-0.25, -0.2) is 4.98 Å². The summed E-state index contributed by atoms with van der Waals surface area (Å²) in [5, 5.41) is 0.723. The zero-order valence-electron chi connectivity index (χ0n) is 16.0. The number of benzene rings is 2. The third-order valence-electron chi connectivity index (χ3n) is 5.42. The van der Waals surface area contributed by atoms with E-state index in [2.05, 4.69) is 16.7 Å². The Morgan fingerprint density at radius 2 is 1.86 bits per heavy atom. The van der Waals surface area contributed by atoms with Crippen LogP contribution in [-0.4, -0.2) is 33.4 Å². The van der Waals surface area contributed by atoms with E-state index in [0.717, 1.165) is 60.0 Å². The molecule has 1 amide bonds. The summed E-state index contributed by atoms with van der Waals surface area (Å²) in [6.45, 7) is 4.19. The Morgan fingerprint density at radius 3 is 2.57 bits per heavy atom. The van der Waals surface area contributed by atoms with Gasteiger partial charge in [-0.2, -0.15) is 0 Å². The number of nitrogens with zero attached hydrogens (tertiary/aromatic N) is 3. The average Bonchev–Trinajstić information content (AvgIpc) is 3.13. The topological polar surface area (TPSA) is 38.1 Å². The van der Waals surface area contributed by atoms with E-state index < -0.39 is 0 Å². The van der Waals surface area contributed by atoms with Crippen LogP contribution in [0.2, 0.25) is 5.02 Å². The number of aromatic nitrogens is 2. The summed E-state index contributed by atoms with van der Waals surface area (Å²) in [6.07, 6.45) is 4.11. The Bertz CT molecular complexity index is 950. The predicted molar refractivity (Wildman–Crippen MR) is 113 cm³/mol. The molecular formula is C23H24ClN3O. The minimum absolute atomic E-state index is 0.165. The van der Waals surface area contributed by atoms with Gasteiger partial charge in [0.15, 0.2) is 0 Å². The minimum atomic E-state index is 0.165. The summed E-state index contributed by atoms with van der Waals surface area (Å²) >= 11 is 6.11. The maximum atomic E-state index is 11.8. The van der Waals surface area contributed by atoms with E-state index in [-0.39, 0.29) is 5.91 Å². The summed E-state index contributed by atoms with van der Waals surface area (Å²) < 4.78 is 2.24. The molecule has 2 aromatic carbocycles. The van der Waals surface area contributed by atoms with Crippen LogP contribution >= 0.6 is 11.6 Å². The van der Waals surface area contributed by atoms with E-state index in [9.17, 15) is 4.79 Å². The molecule has 0 aliphatic carbocycles. The number of piperidine rings is 1. The molecule has 28 heavy (non-hydrogen) atoms. The lowest BCUT2D eigenvalue weighted by Gasteiger charge is -2.32. The van der Waals surface area contributed by atoms with Crippen molar-refractivity contribution in [1.29, 1.82) is 0 Å². The van der Waals surface area contributed by atoms with E-state index in [1.54, 1.807) is 6.92 Å². The van der Waals surface area contributed by atoms with Crippen molar-refractivity contribution in [1.82, 2.24) is 14.5 Å². The first-order valence-electron chi connectivity index (χ1n) is 9.74. The Balaban J connectivity index is 1.70. The highest BCUT2D eigenvalue weighted by Gasteiger charge is 2.24. The summed E-state index contributed by atoms with van der Waals surface area (Å²) in [6, 6.07) is 18.2. The fourth-order valence-electron chi connectivity index (χ4n) is 4.02. The largest absolute Gasteiger partial charge is 0.343 e. The molecule has 4 rings (SSSR count). The number of hydrogen-bond donors (Lipinski definition) is 0. The molecule has 1 fully saturated rings. The van der Waals surface area contributed by atoms with Crippen molar-refractivity contribution in [3.8, 4) is 22.5 Å². The number of imidazole rings is 1. The van der Waals surface area contributed by atoms with Crippen LogP contribution in [0.25, 0.3) is 22.5 Å². The van der Waals surface area contributed by atoms with Crippen molar-refractivity contribution < 1.29 is 4.79 Å². The second kappa shape index (κ2) is 8.19. The third-order valence-corrected chi connectivity index (χ3v) is 5.67. The Labute approximate surface area is 170 Å². The van der Waals surface area contributed by atoms with Crippen molar-refractivity contribution in [3.05, 3.63) is 65.9 Å². The van der Waals surface area contributed by atoms with Crippen molar-refractivity contribution in [2.45, 2.75) is 26.3 Å². The Hall–Kier alpha value is -2.59. The molecule has 0 spiro atoms. The molecule has 1 atom stereocenters. The summed E-state index contributed by atoms with van der Waals surface area (Å²) in [5.41, 5.74) is 4.27. The lowest BCUT2D eigenvalue weighted by molar-refractivity contribution is -0.130. The van der Waals surface area contributed by atoms with Crippen LogP contribution in [0.1, 0.15) is 19.8 Å². The highest BCUT2D eigenvalue weighted by atomic mass is 35.5. The lowest BCUT2D eigenvalue weighted by atomic mass is 9.97. The second-order valence-corrected chi connectivity index (χ2v) is 7.88. The van der Waals surface area contributed by atoms with E-state index >= 15 is 0 Å². The fourth-order valence-corrected chi connectivity index (χ4v) is 4.14. The molecule has 0 radical (unpaired) electrons. The van der Waals surface area contributed by atoms with Crippen LogP contribution in [0, 0.1) is 5.92 Å². The van der Waals surface area contributed by atoms with Crippen LogP contribution in [0.3, 0.4) is 0 Å². The molecule has 3 aromatic rings. The zero-order valence-corrected chi connectivity index (χ0v) is 16.8. The molecule has 144 valence electrons. The van der Waals surface area contributed by atoms with Gasteiger partial charge in [0.05, 0.1) is 17.7 Å². The first kappa shape index (κ1) is 18.8. The van der Waals surface area contributed by atoms with Gasteiger partial charge in [0.2, 0.25) is 5.91 Å². The number of carbonyl (C=O) groups excluding carboxylic acids is 1. The normalized spacial score (nSPS) is 16.9. The van der Waals surface area contributed by atoms with Crippen molar-refractivity contribution in [3.63, 3.8) is 0 Å². The number of hydrogen-bond acceptors (Lipinski definition) is 2. The van der Waals surface area contributed by atoms with Crippen molar-refractivity contribution >= 4 is 17.5 Å². The molecule has 0 bridgehead atoms. The molecule has 1 aliphatic heterocycles. The summed E-state index contributed by atoms with van der Waals surface area (Å²) in [7, 11) is 0. The molecule has 1 aliphatic rings. The maximum Gasteiger partial charge on any atom is 0.219 e. The van der Waals surface area contributed by atoms with Crippen LogP contribution in [0.5, 0.6) is 0 Å². The quantitative estimate of drug-likeness (QED) is 0.616. The molecule has 1 unspecified atom stereocenters. The molecule has 0 N–H and O–H groups in total. The molecule has 5 heteroatoms. The van der Waals surface area contributed by atoms with Gasteiger partial charge in [0.1, 0.15) is 0 Å². The van der Waals surface area contributed by atoms with E-state index in [0.29, 0.717) is 5.92 Å². The molecule has 1 saturated heterocycles. The van der Waals surface area contributed by atoms with E-state index in [1.807, 2.05) is 53.7 Å². The SMILES string of the molecule is CC(=O)N1CCCC(Cn2cnc(-c3ccccc3)c2-c2ccc(Cl)cc2)C1. The average molecular weight is 394 g/mol. The van der Waals surface area contributed by atoms with Gasteiger partial charge in [-0.1, -0.05) is 54.1 Å². The van der Waals surface area contributed by atoms with Gasteiger partial charge < -0.3 is 9.47 Å². The molecule has 2 heterocycles. The minimum Gasteiger partial charge on any atom is -0.343 e. The van der Waals surface area contributed by atoms with Gasteiger partial charge in [-0.15, -0.1) is 0 Å². The number of halogens is 1. The zero-order chi connectivity index (χ0) is 19.5. The maximum absolute atomic E-state index is 11.8. The number of carbonyl (C=O) groups is 1. The van der Waals surface area contributed by atoms with Crippen LogP contribution in [0.4, 0.5) is 0 Å². The van der Waals surface area contributed by atoms with Crippen LogP contribution in [0.15, 0.2) is 60.9 Å². The standard InChI is InChI=1S/C23H24ClN3O/c1-17(28)26-13-5-6-18(14-26)15-27-16-25-22(19-7-3-2-4-8-19)23(27)20-9-11-21(24)12-10-20/h2-4,7-12,16,18H,5-6,13-15H2,1H3. The number of amides is 1. The number of rotatable bonds is 4. The highest BCUT2D eigenvalue weighted by molar-refractivity contribution is 6.30. The van der Waals surface area contributed by atoms with Crippen molar-refractivity contribution in [2.75, 3.05) is 13.1 Å². The van der Waals surface area contributed by atoms with E-state index in [4.69, 9.17) is 16.6 Å². The number of likely N-dealkylation sites (tertiary alicyclic amines) is 1. The van der Waals surface area contributed by atoms with Crippen LogP contribution in [-0.2, 0) is 11.3 Å². The lowest BCUT2D eigenvalue weighted by Crippen LogP contribution is -2.39. The third kappa shape index (κ3) is 3.97. The van der Waals surface area contributed by atoms with Gasteiger partial charge >= 0.3 is 0 Å². The van der Waals surface area contributed by atoms with Crippen LogP contribution < -0.4 is 0 Å². The van der Waals surface area contributed by atoms with E-state index in [1.165, 1.54) is 0 Å². The second-order valence-electron chi connectivity index (χ2n) is 7.44. The molecular weight excluding hydrogens is 370 g/mol. The Kier molecular flexibility index (Phi) is 5.49. The smallest absolute Gasteiger partial charge is 0.219 e. The first-order chi connectivity index (χ1) is 13.6. The molecule has 4 nitrogen and oxygen atoms in total. The monoisotopic (exact) mass is 393 g/mol.